The largest absolute Gasteiger partial charge is 0.497 e. The molecule has 0 saturated carbocycles. The van der Waals surface area contributed by atoms with E-state index in [2.05, 4.69) is 0 Å². The highest BCUT2D eigenvalue weighted by atomic mass is 16.5. The molecule has 0 unspecified atom stereocenters. The second-order valence-corrected chi connectivity index (χ2v) is 5.00. The van der Waals surface area contributed by atoms with Crippen molar-refractivity contribution < 1.29 is 19.1 Å². The summed E-state index contributed by atoms with van der Waals surface area (Å²) in [5.74, 6) is -0.128. The van der Waals surface area contributed by atoms with E-state index in [0.717, 1.165) is 17.0 Å². The van der Waals surface area contributed by atoms with Gasteiger partial charge in [0.05, 0.1) is 7.11 Å². The first kappa shape index (κ1) is 17.3. The summed E-state index contributed by atoms with van der Waals surface area (Å²) in [5.41, 5.74) is 1.58. The number of para-hydroxylation sites is 1. The number of likely N-dealkylation sites (N-methyl/N-ethyl adjacent to an activating group) is 1. The Hall–Kier alpha value is -3.08. The van der Waals surface area contributed by atoms with Gasteiger partial charge < -0.3 is 14.4 Å². The van der Waals surface area contributed by atoms with Crippen molar-refractivity contribution in [3.05, 3.63) is 66.2 Å². The van der Waals surface area contributed by atoms with E-state index in [0.29, 0.717) is 0 Å². The molecular formula is C19H19NO4. The Kier molecular flexibility index (Phi) is 6.14. The van der Waals surface area contributed by atoms with Gasteiger partial charge in [-0.2, -0.15) is 0 Å². The zero-order valence-corrected chi connectivity index (χ0v) is 13.6. The van der Waals surface area contributed by atoms with Crippen LogP contribution in [0.1, 0.15) is 5.56 Å². The molecule has 0 bridgehead atoms. The molecule has 0 aliphatic carbocycles. The number of rotatable bonds is 6. The van der Waals surface area contributed by atoms with Crippen LogP contribution in [0.5, 0.6) is 5.75 Å². The monoisotopic (exact) mass is 325 g/mol. The lowest BCUT2D eigenvalue weighted by Crippen LogP contribution is -2.30. The van der Waals surface area contributed by atoms with Crippen LogP contribution in [0.15, 0.2) is 60.7 Å². The number of methoxy groups -OCH3 is 1. The van der Waals surface area contributed by atoms with Gasteiger partial charge in [-0.05, 0) is 35.9 Å². The average molecular weight is 325 g/mol. The Morgan fingerprint density at radius 1 is 1.04 bits per heavy atom. The summed E-state index contributed by atoms with van der Waals surface area (Å²) < 4.78 is 10.0. The third-order valence-corrected chi connectivity index (χ3v) is 3.38. The van der Waals surface area contributed by atoms with Gasteiger partial charge in [-0.1, -0.05) is 30.3 Å². The number of hydrogen-bond acceptors (Lipinski definition) is 4. The first-order chi connectivity index (χ1) is 11.6. The fraction of sp³-hybridized carbons (Fsp3) is 0.158. The van der Waals surface area contributed by atoms with Crippen LogP contribution in [0.4, 0.5) is 5.69 Å². The fourth-order valence-electron chi connectivity index (χ4n) is 1.95. The molecule has 24 heavy (non-hydrogen) atoms. The number of nitrogens with zero attached hydrogens (tertiary/aromatic N) is 1. The quantitative estimate of drug-likeness (QED) is 0.605. The van der Waals surface area contributed by atoms with E-state index in [4.69, 9.17) is 9.47 Å². The van der Waals surface area contributed by atoms with Gasteiger partial charge in [0.1, 0.15) is 5.75 Å². The average Bonchev–Trinajstić information content (AvgIpc) is 2.64. The third kappa shape index (κ3) is 4.98. The SMILES string of the molecule is COc1ccc(/C=C/C(=O)OCC(=O)N(C)c2ccccc2)cc1. The van der Waals surface area contributed by atoms with Crippen LogP contribution < -0.4 is 9.64 Å². The Bertz CT molecular complexity index is 708. The van der Waals surface area contributed by atoms with Crippen LogP contribution in [-0.4, -0.2) is 32.6 Å². The molecule has 0 heterocycles. The van der Waals surface area contributed by atoms with Crippen molar-refractivity contribution in [2.24, 2.45) is 0 Å². The summed E-state index contributed by atoms with van der Waals surface area (Å²) in [4.78, 5) is 25.1. The maximum absolute atomic E-state index is 12.0. The van der Waals surface area contributed by atoms with Crippen molar-refractivity contribution >= 4 is 23.6 Å². The second kappa shape index (κ2) is 8.53. The molecule has 2 aromatic carbocycles. The molecule has 0 fully saturated rings. The minimum absolute atomic E-state index is 0.299. The molecule has 0 atom stereocenters. The van der Waals surface area contributed by atoms with Gasteiger partial charge in [-0.3, -0.25) is 4.79 Å². The van der Waals surface area contributed by atoms with E-state index >= 15 is 0 Å². The highest BCUT2D eigenvalue weighted by Crippen LogP contribution is 2.13. The Morgan fingerprint density at radius 2 is 1.71 bits per heavy atom. The molecule has 0 radical (unpaired) electrons. The maximum Gasteiger partial charge on any atom is 0.331 e. The number of hydrogen-bond donors (Lipinski definition) is 0. The van der Waals surface area contributed by atoms with Crippen molar-refractivity contribution in [1.29, 1.82) is 0 Å². The van der Waals surface area contributed by atoms with Gasteiger partial charge in [0.25, 0.3) is 5.91 Å². The van der Waals surface area contributed by atoms with Crippen molar-refractivity contribution in [1.82, 2.24) is 0 Å². The Labute approximate surface area is 141 Å². The van der Waals surface area contributed by atoms with E-state index < -0.39 is 5.97 Å². The molecule has 0 saturated heterocycles. The number of anilines is 1. The predicted octanol–water partition coefficient (Wildman–Crippen LogP) is 2.91. The smallest absolute Gasteiger partial charge is 0.331 e. The lowest BCUT2D eigenvalue weighted by molar-refractivity contribution is -0.142. The number of carbonyl (C=O) groups is 2. The van der Waals surface area contributed by atoms with Gasteiger partial charge in [0, 0.05) is 18.8 Å². The Morgan fingerprint density at radius 3 is 2.33 bits per heavy atom. The van der Waals surface area contributed by atoms with E-state index in [1.165, 1.54) is 11.0 Å². The standard InChI is InChI=1S/C19H19NO4/c1-20(16-6-4-3-5-7-16)18(21)14-24-19(22)13-10-15-8-11-17(23-2)12-9-15/h3-13H,14H2,1-2H3/b13-10+. The minimum Gasteiger partial charge on any atom is -0.497 e. The fourth-order valence-corrected chi connectivity index (χ4v) is 1.95. The van der Waals surface area contributed by atoms with Gasteiger partial charge >= 0.3 is 5.97 Å². The molecule has 0 N–H and O–H groups in total. The summed E-state index contributed by atoms with van der Waals surface area (Å²) in [6, 6.07) is 16.4. The molecule has 2 rings (SSSR count). The van der Waals surface area contributed by atoms with Crippen molar-refractivity contribution in [2.45, 2.75) is 0 Å². The molecule has 5 nitrogen and oxygen atoms in total. The van der Waals surface area contributed by atoms with Crippen LogP contribution in [0, 0.1) is 0 Å². The lowest BCUT2D eigenvalue weighted by Gasteiger charge is -2.16. The molecule has 5 heteroatoms. The number of amides is 1. The summed E-state index contributed by atoms with van der Waals surface area (Å²) >= 11 is 0. The van der Waals surface area contributed by atoms with Crippen molar-refractivity contribution in [3.63, 3.8) is 0 Å². The molecule has 124 valence electrons. The van der Waals surface area contributed by atoms with Gasteiger partial charge in [0.15, 0.2) is 6.61 Å². The van der Waals surface area contributed by atoms with Crippen molar-refractivity contribution in [3.8, 4) is 5.75 Å². The number of benzene rings is 2. The molecule has 1 amide bonds. The normalized spacial score (nSPS) is 10.4. The first-order valence-corrected chi connectivity index (χ1v) is 7.40. The third-order valence-electron chi connectivity index (χ3n) is 3.38. The number of ether oxygens (including phenoxy) is 2. The van der Waals surface area contributed by atoms with Crippen LogP contribution in [0.2, 0.25) is 0 Å². The number of esters is 1. The zero-order valence-electron chi connectivity index (χ0n) is 13.6. The van der Waals surface area contributed by atoms with Crippen LogP contribution in [0.3, 0.4) is 0 Å². The molecule has 0 aliphatic rings. The highest BCUT2D eigenvalue weighted by Gasteiger charge is 2.12. The first-order valence-electron chi connectivity index (χ1n) is 7.40. The minimum atomic E-state index is -0.569. The summed E-state index contributed by atoms with van der Waals surface area (Å²) in [7, 11) is 3.23. The van der Waals surface area contributed by atoms with Crippen molar-refractivity contribution in [2.75, 3.05) is 25.7 Å². The predicted molar refractivity (Wildman–Crippen MR) is 92.8 cm³/mol. The zero-order chi connectivity index (χ0) is 17.4. The second-order valence-electron chi connectivity index (χ2n) is 5.00. The van der Waals surface area contributed by atoms with Crippen LogP contribution >= 0.6 is 0 Å². The lowest BCUT2D eigenvalue weighted by atomic mass is 10.2. The van der Waals surface area contributed by atoms with Gasteiger partial charge in [-0.15, -0.1) is 0 Å². The van der Waals surface area contributed by atoms with E-state index in [1.807, 2.05) is 42.5 Å². The molecular weight excluding hydrogens is 306 g/mol. The van der Waals surface area contributed by atoms with Crippen LogP contribution in [0.25, 0.3) is 6.08 Å². The van der Waals surface area contributed by atoms with Gasteiger partial charge in [-0.25, -0.2) is 4.79 Å². The summed E-state index contributed by atoms with van der Waals surface area (Å²) in [5, 5.41) is 0. The molecule has 0 spiro atoms. The summed E-state index contributed by atoms with van der Waals surface area (Å²) in [6.45, 7) is -0.308. The highest BCUT2D eigenvalue weighted by molar-refractivity contribution is 5.96. The topological polar surface area (TPSA) is 55.8 Å². The van der Waals surface area contributed by atoms with Crippen LogP contribution in [-0.2, 0) is 14.3 Å². The van der Waals surface area contributed by atoms with E-state index in [1.54, 1.807) is 32.4 Å². The molecule has 0 aliphatic heterocycles. The number of carbonyl (C=O) groups excluding carboxylic acids is 2. The van der Waals surface area contributed by atoms with E-state index in [9.17, 15) is 9.59 Å². The van der Waals surface area contributed by atoms with E-state index in [-0.39, 0.29) is 12.5 Å². The molecule has 0 aromatic heterocycles. The Balaban J connectivity index is 1.83. The maximum atomic E-state index is 12.0. The summed E-state index contributed by atoms with van der Waals surface area (Å²) in [6.07, 6.45) is 2.91. The molecule has 2 aromatic rings. The van der Waals surface area contributed by atoms with Gasteiger partial charge in [0.2, 0.25) is 0 Å².